The highest BCUT2D eigenvalue weighted by atomic mass is 35.5. The Hall–Kier alpha value is -1.82. The predicted molar refractivity (Wildman–Crippen MR) is 76.3 cm³/mol. The zero-order valence-electron chi connectivity index (χ0n) is 11.6. The van der Waals surface area contributed by atoms with E-state index in [2.05, 4.69) is 15.5 Å². The van der Waals surface area contributed by atoms with E-state index in [4.69, 9.17) is 11.6 Å². The van der Waals surface area contributed by atoms with E-state index in [1.165, 1.54) is 0 Å². The number of rotatable bonds is 6. The molecule has 2 heterocycles. The first-order valence-corrected chi connectivity index (χ1v) is 6.97. The van der Waals surface area contributed by atoms with Crippen molar-refractivity contribution in [3.63, 3.8) is 0 Å². The Morgan fingerprint density at radius 3 is 2.95 bits per heavy atom. The molecular formula is C13H18ClN5O. The van der Waals surface area contributed by atoms with Gasteiger partial charge in [0.1, 0.15) is 0 Å². The average molecular weight is 296 g/mol. The number of halogens is 1. The maximum Gasteiger partial charge on any atom is 0.222 e. The number of aryl methyl sites for hydroxylation is 2. The Morgan fingerprint density at radius 2 is 2.30 bits per heavy atom. The van der Waals surface area contributed by atoms with Gasteiger partial charge in [0.25, 0.3) is 0 Å². The summed E-state index contributed by atoms with van der Waals surface area (Å²) in [5.41, 5.74) is 1.00. The molecule has 2 aromatic heterocycles. The Morgan fingerprint density at radius 1 is 1.50 bits per heavy atom. The van der Waals surface area contributed by atoms with Crippen LogP contribution in [0, 0.1) is 0 Å². The summed E-state index contributed by atoms with van der Waals surface area (Å²) in [7, 11) is 0. The second kappa shape index (κ2) is 6.56. The zero-order chi connectivity index (χ0) is 14.5. The molecule has 7 heteroatoms. The van der Waals surface area contributed by atoms with Crippen LogP contribution in [0.15, 0.2) is 24.7 Å². The van der Waals surface area contributed by atoms with Gasteiger partial charge in [-0.3, -0.25) is 14.2 Å². The fraction of sp³-hybridized carbons (Fsp3) is 0.462. The third-order valence-corrected chi connectivity index (χ3v) is 3.23. The number of carbonyl (C=O) groups is 1. The topological polar surface area (TPSA) is 64.7 Å². The Balaban J connectivity index is 1.85. The quantitative estimate of drug-likeness (QED) is 0.887. The van der Waals surface area contributed by atoms with Gasteiger partial charge in [0, 0.05) is 31.9 Å². The first-order chi connectivity index (χ1) is 9.60. The van der Waals surface area contributed by atoms with E-state index < -0.39 is 0 Å². The van der Waals surface area contributed by atoms with E-state index in [1.807, 2.05) is 24.6 Å². The SMILES string of the molecule is CCn1nccc1C(C)NC(=O)CCn1cc(Cl)cn1. The van der Waals surface area contributed by atoms with Gasteiger partial charge in [-0.05, 0) is 19.9 Å². The van der Waals surface area contributed by atoms with Gasteiger partial charge in [0.15, 0.2) is 0 Å². The minimum atomic E-state index is -0.0637. The molecule has 0 bridgehead atoms. The third kappa shape index (κ3) is 3.60. The molecule has 0 aliphatic heterocycles. The molecule has 0 aliphatic carbocycles. The van der Waals surface area contributed by atoms with Crippen molar-refractivity contribution in [1.29, 1.82) is 0 Å². The van der Waals surface area contributed by atoms with Crippen molar-refractivity contribution in [3.8, 4) is 0 Å². The fourth-order valence-corrected chi connectivity index (χ4v) is 2.20. The third-order valence-electron chi connectivity index (χ3n) is 3.04. The maximum absolute atomic E-state index is 11.9. The summed E-state index contributed by atoms with van der Waals surface area (Å²) in [6.45, 7) is 5.27. The summed E-state index contributed by atoms with van der Waals surface area (Å²) in [6, 6.07) is 1.85. The molecule has 20 heavy (non-hydrogen) atoms. The predicted octanol–water partition coefficient (Wildman–Crippen LogP) is 2.02. The van der Waals surface area contributed by atoms with Gasteiger partial charge in [-0.25, -0.2) is 0 Å². The van der Waals surface area contributed by atoms with Crippen molar-refractivity contribution in [2.24, 2.45) is 0 Å². The molecule has 6 nitrogen and oxygen atoms in total. The van der Waals surface area contributed by atoms with Gasteiger partial charge in [-0.15, -0.1) is 0 Å². The second-order valence-corrected chi connectivity index (χ2v) is 4.97. The molecule has 0 aromatic carbocycles. The molecule has 0 spiro atoms. The number of aromatic nitrogens is 4. The van der Waals surface area contributed by atoms with Crippen LogP contribution in [0.3, 0.4) is 0 Å². The number of amides is 1. The standard InChI is InChI=1S/C13H18ClN5O/c1-3-19-12(4-6-15-19)10(2)17-13(20)5-7-18-9-11(14)8-16-18/h4,6,8-10H,3,5,7H2,1-2H3,(H,17,20). The number of nitrogens with zero attached hydrogens (tertiary/aromatic N) is 4. The maximum atomic E-state index is 11.9. The molecule has 1 amide bonds. The van der Waals surface area contributed by atoms with Crippen molar-refractivity contribution in [2.75, 3.05) is 0 Å². The summed E-state index contributed by atoms with van der Waals surface area (Å²) < 4.78 is 3.53. The summed E-state index contributed by atoms with van der Waals surface area (Å²) in [6.07, 6.45) is 5.36. The van der Waals surface area contributed by atoms with Crippen LogP contribution in [0.5, 0.6) is 0 Å². The highest BCUT2D eigenvalue weighted by molar-refractivity contribution is 6.30. The van der Waals surface area contributed by atoms with Gasteiger partial charge in [-0.2, -0.15) is 10.2 Å². The van der Waals surface area contributed by atoms with Crippen molar-refractivity contribution in [2.45, 2.75) is 39.4 Å². The lowest BCUT2D eigenvalue weighted by Crippen LogP contribution is -2.29. The lowest BCUT2D eigenvalue weighted by Gasteiger charge is -2.15. The Labute approximate surface area is 122 Å². The van der Waals surface area contributed by atoms with Crippen molar-refractivity contribution < 1.29 is 4.79 Å². The highest BCUT2D eigenvalue weighted by Gasteiger charge is 2.13. The highest BCUT2D eigenvalue weighted by Crippen LogP contribution is 2.12. The fourth-order valence-electron chi connectivity index (χ4n) is 2.04. The summed E-state index contributed by atoms with van der Waals surface area (Å²) in [5.74, 6) is -0.0204. The molecule has 0 saturated heterocycles. The van der Waals surface area contributed by atoms with Gasteiger partial charge < -0.3 is 5.32 Å². The Bertz CT molecular complexity index is 577. The van der Waals surface area contributed by atoms with E-state index in [0.717, 1.165) is 12.2 Å². The van der Waals surface area contributed by atoms with Crippen LogP contribution in [0.1, 0.15) is 32.0 Å². The lowest BCUT2D eigenvalue weighted by molar-refractivity contribution is -0.122. The van der Waals surface area contributed by atoms with Gasteiger partial charge >= 0.3 is 0 Å². The molecular weight excluding hydrogens is 278 g/mol. The lowest BCUT2D eigenvalue weighted by atomic mass is 10.2. The summed E-state index contributed by atoms with van der Waals surface area (Å²) in [5, 5.41) is 11.8. The van der Waals surface area contributed by atoms with Crippen LogP contribution in [0.25, 0.3) is 0 Å². The first kappa shape index (κ1) is 14.6. The number of hydrogen-bond donors (Lipinski definition) is 1. The molecule has 2 rings (SSSR count). The number of carbonyl (C=O) groups excluding carboxylic acids is 1. The molecule has 0 radical (unpaired) electrons. The van der Waals surface area contributed by atoms with E-state index >= 15 is 0 Å². The van der Waals surface area contributed by atoms with Gasteiger partial charge in [-0.1, -0.05) is 11.6 Å². The van der Waals surface area contributed by atoms with E-state index in [0.29, 0.717) is 18.0 Å². The molecule has 1 N–H and O–H groups in total. The smallest absolute Gasteiger partial charge is 0.222 e. The van der Waals surface area contributed by atoms with Crippen LogP contribution in [0.2, 0.25) is 5.02 Å². The summed E-state index contributed by atoms with van der Waals surface area (Å²) in [4.78, 5) is 11.9. The van der Waals surface area contributed by atoms with Crippen molar-refractivity contribution in [3.05, 3.63) is 35.4 Å². The largest absolute Gasteiger partial charge is 0.348 e. The minimum Gasteiger partial charge on any atom is -0.348 e. The van der Waals surface area contributed by atoms with Crippen LogP contribution in [-0.2, 0) is 17.9 Å². The number of hydrogen-bond acceptors (Lipinski definition) is 3. The van der Waals surface area contributed by atoms with Crippen molar-refractivity contribution in [1.82, 2.24) is 24.9 Å². The monoisotopic (exact) mass is 295 g/mol. The second-order valence-electron chi connectivity index (χ2n) is 4.53. The van der Waals surface area contributed by atoms with Crippen LogP contribution >= 0.6 is 11.6 Å². The van der Waals surface area contributed by atoms with Gasteiger partial charge in [0.05, 0.1) is 23.0 Å². The zero-order valence-corrected chi connectivity index (χ0v) is 12.3. The Kier molecular flexibility index (Phi) is 4.79. The molecule has 2 aromatic rings. The molecule has 108 valence electrons. The van der Waals surface area contributed by atoms with E-state index in [-0.39, 0.29) is 11.9 Å². The van der Waals surface area contributed by atoms with Gasteiger partial charge in [0.2, 0.25) is 5.91 Å². The average Bonchev–Trinajstić information content (AvgIpc) is 3.04. The molecule has 0 fully saturated rings. The number of nitrogens with one attached hydrogen (secondary N) is 1. The van der Waals surface area contributed by atoms with Crippen LogP contribution in [0.4, 0.5) is 0 Å². The van der Waals surface area contributed by atoms with Crippen LogP contribution < -0.4 is 5.32 Å². The van der Waals surface area contributed by atoms with E-state index in [1.54, 1.807) is 23.3 Å². The van der Waals surface area contributed by atoms with E-state index in [9.17, 15) is 4.79 Å². The van der Waals surface area contributed by atoms with Crippen LogP contribution in [-0.4, -0.2) is 25.5 Å². The molecule has 0 saturated carbocycles. The molecule has 1 atom stereocenters. The minimum absolute atomic E-state index is 0.0204. The normalized spacial score (nSPS) is 12.3. The molecule has 0 aliphatic rings. The first-order valence-electron chi connectivity index (χ1n) is 6.59. The summed E-state index contributed by atoms with van der Waals surface area (Å²) >= 11 is 5.77. The van der Waals surface area contributed by atoms with Crippen molar-refractivity contribution >= 4 is 17.5 Å². The molecule has 1 unspecified atom stereocenters.